The molecule has 1 fully saturated rings. The standard InChI is InChI=1S/C17H15BrO2/c1-11-5-8-16(18)15(9-11)17(19)12-3-2-4-14(10-12)20-13-6-7-13/h2-5,8-10,13H,6-7H2,1H3. The van der Waals surface area contributed by atoms with Gasteiger partial charge in [0.1, 0.15) is 5.75 Å². The van der Waals surface area contributed by atoms with Crippen LogP contribution in [0.4, 0.5) is 0 Å². The number of carbonyl (C=O) groups is 1. The third kappa shape index (κ3) is 2.93. The summed E-state index contributed by atoms with van der Waals surface area (Å²) in [7, 11) is 0. The summed E-state index contributed by atoms with van der Waals surface area (Å²) in [5.74, 6) is 0.795. The van der Waals surface area contributed by atoms with E-state index in [9.17, 15) is 4.79 Å². The lowest BCUT2D eigenvalue weighted by Gasteiger charge is -2.08. The fourth-order valence-electron chi connectivity index (χ4n) is 2.06. The van der Waals surface area contributed by atoms with Crippen molar-refractivity contribution in [3.8, 4) is 5.75 Å². The molecule has 0 atom stereocenters. The first-order valence-corrected chi connectivity index (χ1v) is 7.50. The van der Waals surface area contributed by atoms with Gasteiger partial charge in [0.15, 0.2) is 5.78 Å². The van der Waals surface area contributed by atoms with Gasteiger partial charge in [0.2, 0.25) is 0 Å². The van der Waals surface area contributed by atoms with Crippen molar-refractivity contribution < 1.29 is 9.53 Å². The van der Waals surface area contributed by atoms with Crippen LogP contribution in [0.5, 0.6) is 5.75 Å². The molecule has 0 spiro atoms. The maximum Gasteiger partial charge on any atom is 0.194 e. The van der Waals surface area contributed by atoms with E-state index in [-0.39, 0.29) is 5.78 Å². The van der Waals surface area contributed by atoms with Crippen molar-refractivity contribution in [2.45, 2.75) is 25.9 Å². The van der Waals surface area contributed by atoms with Gasteiger partial charge in [-0.05, 0) is 44.0 Å². The van der Waals surface area contributed by atoms with Crippen LogP contribution in [0, 0.1) is 6.92 Å². The van der Waals surface area contributed by atoms with Crippen molar-refractivity contribution in [1.29, 1.82) is 0 Å². The summed E-state index contributed by atoms with van der Waals surface area (Å²) in [5.41, 5.74) is 2.42. The van der Waals surface area contributed by atoms with Gasteiger partial charge in [0.05, 0.1) is 6.10 Å². The smallest absolute Gasteiger partial charge is 0.194 e. The number of carbonyl (C=O) groups excluding carboxylic acids is 1. The lowest BCUT2D eigenvalue weighted by molar-refractivity contribution is 0.103. The largest absolute Gasteiger partial charge is 0.490 e. The molecule has 3 rings (SSSR count). The summed E-state index contributed by atoms with van der Waals surface area (Å²) in [6.45, 7) is 1.98. The summed E-state index contributed by atoms with van der Waals surface area (Å²) in [5, 5.41) is 0. The van der Waals surface area contributed by atoms with Gasteiger partial charge in [0, 0.05) is 15.6 Å². The first kappa shape index (κ1) is 13.4. The Morgan fingerprint density at radius 3 is 2.75 bits per heavy atom. The van der Waals surface area contributed by atoms with Crippen molar-refractivity contribution in [2.24, 2.45) is 0 Å². The van der Waals surface area contributed by atoms with E-state index in [1.54, 1.807) is 0 Å². The second kappa shape index (κ2) is 5.41. The molecular weight excluding hydrogens is 316 g/mol. The van der Waals surface area contributed by atoms with Crippen LogP contribution in [-0.2, 0) is 0 Å². The molecular formula is C17H15BrO2. The zero-order valence-electron chi connectivity index (χ0n) is 11.2. The number of hydrogen-bond acceptors (Lipinski definition) is 2. The van der Waals surface area contributed by atoms with Crippen LogP contribution in [0.3, 0.4) is 0 Å². The molecule has 2 nitrogen and oxygen atoms in total. The van der Waals surface area contributed by atoms with E-state index in [1.165, 1.54) is 0 Å². The molecule has 0 aromatic heterocycles. The number of benzene rings is 2. The molecule has 1 aliphatic carbocycles. The molecule has 0 amide bonds. The van der Waals surface area contributed by atoms with Crippen molar-refractivity contribution in [3.63, 3.8) is 0 Å². The van der Waals surface area contributed by atoms with E-state index < -0.39 is 0 Å². The Morgan fingerprint density at radius 1 is 1.20 bits per heavy atom. The van der Waals surface area contributed by atoms with E-state index in [0.717, 1.165) is 28.6 Å². The monoisotopic (exact) mass is 330 g/mol. The maximum absolute atomic E-state index is 12.6. The minimum absolute atomic E-state index is 0.0156. The van der Waals surface area contributed by atoms with E-state index in [1.807, 2.05) is 49.4 Å². The number of aryl methyl sites for hydroxylation is 1. The molecule has 0 N–H and O–H groups in total. The minimum Gasteiger partial charge on any atom is -0.490 e. The average Bonchev–Trinajstić information content (AvgIpc) is 3.25. The zero-order valence-corrected chi connectivity index (χ0v) is 12.8. The summed E-state index contributed by atoms with van der Waals surface area (Å²) < 4.78 is 6.56. The predicted molar refractivity (Wildman–Crippen MR) is 82.4 cm³/mol. The lowest BCUT2D eigenvalue weighted by atomic mass is 10.0. The van der Waals surface area contributed by atoms with Crippen molar-refractivity contribution in [1.82, 2.24) is 0 Å². The molecule has 0 aliphatic heterocycles. The van der Waals surface area contributed by atoms with E-state index in [0.29, 0.717) is 17.2 Å². The first-order valence-electron chi connectivity index (χ1n) is 6.71. The molecule has 20 heavy (non-hydrogen) atoms. The lowest BCUT2D eigenvalue weighted by Crippen LogP contribution is -2.04. The topological polar surface area (TPSA) is 26.3 Å². The highest BCUT2D eigenvalue weighted by molar-refractivity contribution is 9.10. The van der Waals surface area contributed by atoms with Gasteiger partial charge in [0.25, 0.3) is 0 Å². The number of ketones is 1. The van der Waals surface area contributed by atoms with E-state index in [2.05, 4.69) is 15.9 Å². The van der Waals surface area contributed by atoms with Crippen LogP contribution in [0.15, 0.2) is 46.9 Å². The molecule has 0 saturated heterocycles. The molecule has 102 valence electrons. The summed E-state index contributed by atoms with van der Waals surface area (Å²) in [4.78, 5) is 12.6. The Bertz CT molecular complexity index is 660. The molecule has 3 heteroatoms. The molecule has 0 bridgehead atoms. The molecule has 2 aromatic carbocycles. The van der Waals surface area contributed by atoms with Gasteiger partial charge in [-0.2, -0.15) is 0 Å². The summed E-state index contributed by atoms with van der Waals surface area (Å²) >= 11 is 3.45. The van der Waals surface area contributed by atoms with Crippen molar-refractivity contribution in [3.05, 3.63) is 63.6 Å². The Balaban J connectivity index is 1.91. The number of halogens is 1. The molecule has 0 heterocycles. The van der Waals surface area contributed by atoms with Crippen LogP contribution < -0.4 is 4.74 Å². The fourth-order valence-corrected chi connectivity index (χ4v) is 2.48. The fraction of sp³-hybridized carbons (Fsp3) is 0.235. The second-order valence-corrected chi connectivity index (χ2v) is 6.01. The summed E-state index contributed by atoms with van der Waals surface area (Å²) in [6, 6.07) is 13.2. The van der Waals surface area contributed by atoms with Gasteiger partial charge in [-0.3, -0.25) is 4.79 Å². The van der Waals surface area contributed by atoms with Crippen LogP contribution in [-0.4, -0.2) is 11.9 Å². The first-order chi connectivity index (χ1) is 9.63. The second-order valence-electron chi connectivity index (χ2n) is 5.16. The highest BCUT2D eigenvalue weighted by Crippen LogP contribution is 2.28. The van der Waals surface area contributed by atoms with Crippen LogP contribution >= 0.6 is 15.9 Å². The molecule has 0 radical (unpaired) electrons. The normalized spacial score (nSPS) is 14.1. The van der Waals surface area contributed by atoms with Crippen molar-refractivity contribution >= 4 is 21.7 Å². The highest BCUT2D eigenvalue weighted by Gasteiger charge is 2.23. The molecule has 1 aliphatic rings. The highest BCUT2D eigenvalue weighted by atomic mass is 79.9. The SMILES string of the molecule is Cc1ccc(Br)c(C(=O)c2cccc(OC3CC3)c2)c1. The van der Waals surface area contributed by atoms with Gasteiger partial charge < -0.3 is 4.74 Å². The number of rotatable bonds is 4. The Hall–Kier alpha value is -1.61. The Morgan fingerprint density at radius 2 is 2.00 bits per heavy atom. The third-order valence-electron chi connectivity index (χ3n) is 3.29. The van der Waals surface area contributed by atoms with Crippen molar-refractivity contribution in [2.75, 3.05) is 0 Å². The van der Waals surface area contributed by atoms with E-state index >= 15 is 0 Å². The Labute approximate surface area is 126 Å². The minimum atomic E-state index is 0.0156. The van der Waals surface area contributed by atoms with Crippen LogP contribution in [0.25, 0.3) is 0 Å². The molecule has 2 aromatic rings. The predicted octanol–water partition coefficient (Wildman–Crippen LogP) is 4.53. The van der Waals surface area contributed by atoms with Gasteiger partial charge in [-0.1, -0.05) is 39.7 Å². The van der Waals surface area contributed by atoms with Gasteiger partial charge in [-0.25, -0.2) is 0 Å². The average molecular weight is 331 g/mol. The summed E-state index contributed by atoms with van der Waals surface area (Å²) in [6.07, 6.45) is 2.56. The number of hydrogen-bond donors (Lipinski definition) is 0. The Kier molecular flexibility index (Phi) is 3.62. The van der Waals surface area contributed by atoms with Crippen LogP contribution in [0.2, 0.25) is 0 Å². The third-order valence-corrected chi connectivity index (χ3v) is 3.98. The van der Waals surface area contributed by atoms with Crippen LogP contribution in [0.1, 0.15) is 34.3 Å². The maximum atomic E-state index is 12.6. The van der Waals surface area contributed by atoms with Gasteiger partial charge >= 0.3 is 0 Å². The zero-order chi connectivity index (χ0) is 14.1. The van der Waals surface area contributed by atoms with Gasteiger partial charge in [-0.15, -0.1) is 0 Å². The molecule has 1 saturated carbocycles. The quantitative estimate of drug-likeness (QED) is 0.770. The number of ether oxygens (including phenoxy) is 1. The van der Waals surface area contributed by atoms with E-state index in [4.69, 9.17) is 4.74 Å². The molecule has 0 unspecified atom stereocenters.